The van der Waals surface area contributed by atoms with E-state index in [0.29, 0.717) is 34.1 Å². The fourth-order valence-electron chi connectivity index (χ4n) is 2.26. The van der Waals surface area contributed by atoms with Crippen molar-refractivity contribution in [3.63, 3.8) is 0 Å². The average molecular weight is 355 g/mol. The van der Waals surface area contributed by atoms with Crippen LogP contribution >= 0.6 is 11.6 Å². The van der Waals surface area contributed by atoms with Gasteiger partial charge in [0.15, 0.2) is 5.82 Å². The SMILES string of the molecule is N#Cc1cccc(C(=O)Nc2ccn(Cc3ccc(F)cc3Cl)n2)c1. The summed E-state index contributed by atoms with van der Waals surface area (Å²) in [6, 6.07) is 14.2. The van der Waals surface area contributed by atoms with Crippen molar-refractivity contribution >= 4 is 23.3 Å². The summed E-state index contributed by atoms with van der Waals surface area (Å²) in [5.74, 6) is -0.394. The van der Waals surface area contributed by atoms with Crippen molar-refractivity contribution in [2.24, 2.45) is 0 Å². The molecule has 0 unspecified atom stereocenters. The van der Waals surface area contributed by atoms with Crippen LogP contribution < -0.4 is 5.32 Å². The van der Waals surface area contributed by atoms with Crippen LogP contribution in [-0.4, -0.2) is 15.7 Å². The largest absolute Gasteiger partial charge is 0.305 e. The first kappa shape index (κ1) is 16.7. The zero-order valence-electron chi connectivity index (χ0n) is 12.9. The molecule has 1 aromatic heterocycles. The Labute approximate surface area is 148 Å². The molecular formula is C18H12ClFN4O. The summed E-state index contributed by atoms with van der Waals surface area (Å²) in [5.41, 5.74) is 1.49. The van der Waals surface area contributed by atoms with Crippen molar-refractivity contribution in [2.75, 3.05) is 5.32 Å². The van der Waals surface area contributed by atoms with Gasteiger partial charge in [0, 0.05) is 22.8 Å². The van der Waals surface area contributed by atoms with Gasteiger partial charge in [0.1, 0.15) is 5.82 Å². The minimum atomic E-state index is -0.401. The van der Waals surface area contributed by atoms with Crippen molar-refractivity contribution in [1.82, 2.24) is 9.78 Å². The van der Waals surface area contributed by atoms with Crippen LogP contribution in [0.5, 0.6) is 0 Å². The van der Waals surface area contributed by atoms with E-state index in [0.717, 1.165) is 0 Å². The van der Waals surface area contributed by atoms with Gasteiger partial charge in [-0.3, -0.25) is 9.48 Å². The lowest BCUT2D eigenvalue weighted by atomic mass is 10.1. The van der Waals surface area contributed by atoms with Gasteiger partial charge < -0.3 is 5.32 Å². The first-order chi connectivity index (χ1) is 12.0. The van der Waals surface area contributed by atoms with E-state index in [4.69, 9.17) is 16.9 Å². The number of hydrogen-bond donors (Lipinski definition) is 1. The molecule has 124 valence electrons. The number of nitrogens with zero attached hydrogens (tertiary/aromatic N) is 3. The van der Waals surface area contributed by atoms with Gasteiger partial charge in [-0.1, -0.05) is 23.7 Å². The van der Waals surface area contributed by atoms with Crippen LogP contribution in [0, 0.1) is 17.1 Å². The zero-order valence-corrected chi connectivity index (χ0v) is 13.7. The van der Waals surface area contributed by atoms with Crippen molar-refractivity contribution in [3.05, 3.63) is 82.3 Å². The summed E-state index contributed by atoms with van der Waals surface area (Å²) in [6.45, 7) is 0.346. The molecule has 1 N–H and O–H groups in total. The Morgan fingerprint density at radius 1 is 1.28 bits per heavy atom. The number of carbonyl (C=O) groups is 1. The van der Waals surface area contributed by atoms with Gasteiger partial charge in [-0.05, 0) is 35.9 Å². The van der Waals surface area contributed by atoms with Crippen LogP contribution in [-0.2, 0) is 6.54 Å². The van der Waals surface area contributed by atoms with E-state index in [2.05, 4.69) is 10.4 Å². The molecule has 25 heavy (non-hydrogen) atoms. The quantitative estimate of drug-likeness (QED) is 0.773. The third-order valence-corrected chi connectivity index (χ3v) is 3.84. The average Bonchev–Trinajstić information content (AvgIpc) is 3.04. The molecule has 7 heteroatoms. The summed E-state index contributed by atoms with van der Waals surface area (Å²) in [7, 11) is 0. The molecule has 0 radical (unpaired) electrons. The van der Waals surface area contributed by atoms with Gasteiger partial charge in [0.05, 0.1) is 18.2 Å². The second-order valence-corrected chi connectivity index (χ2v) is 5.69. The van der Waals surface area contributed by atoms with Crippen molar-refractivity contribution in [1.29, 1.82) is 5.26 Å². The zero-order chi connectivity index (χ0) is 17.8. The maximum absolute atomic E-state index is 13.1. The van der Waals surface area contributed by atoms with Crippen molar-refractivity contribution in [2.45, 2.75) is 6.54 Å². The lowest BCUT2D eigenvalue weighted by Gasteiger charge is -2.05. The fourth-order valence-corrected chi connectivity index (χ4v) is 2.49. The van der Waals surface area contributed by atoms with E-state index in [-0.39, 0.29) is 5.91 Å². The molecule has 0 fully saturated rings. The molecule has 0 saturated heterocycles. The van der Waals surface area contributed by atoms with Gasteiger partial charge in [-0.25, -0.2) is 4.39 Å². The summed E-state index contributed by atoms with van der Waals surface area (Å²) >= 11 is 6.00. The highest BCUT2D eigenvalue weighted by atomic mass is 35.5. The number of benzene rings is 2. The number of nitriles is 1. The molecule has 0 bridgehead atoms. The monoisotopic (exact) mass is 354 g/mol. The second kappa shape index (κ2) is 7.16. The Balaban J connectivity index is 1.71. The summed E-state index contributed by atoms with van der Waals surface area (Å²) in [4.78, 5) is 12.2. The second-order valence-electron chi connectivity index (χ2n) is 5.28. The number of hydrogen-bond acceptors (Lipinski definition) is 3. The standard InChI is InChI=1S/C18H12ClFN4O/c19-16-9-15(20)5-4-14(16)11-24-7-6-17(23-24)22-18(25)13-3-1-2-12(8-13)10-21/h1-9H,11H2,(H,22,23,25). The van der Waals surface area contributed by atoms with Crippen LogP contribution in [0.15, 0.2) is 54.7 Å². The lowest BCUT2D eigenvalue weighted by Crippen LogP contribution is -2.13. The van der Waals surface area contributed by atoms with Crippen LogP contribution in [0.4, 0.5) is 10.2 Å². The minimum Gasteiger partial charge on any atom is -0.305 e. The summed E-state index contributed by atoms with van der Waals surface area (Å²) < 4.78 is 14.7. The Bertz CT molecular complexity index is 977. The number of rotatable bonds is 4. The Morgan fingerprint density at radius 2 is 2.12 bits per heavy atom. The molecule has 3 aromatic rings. The third kappa shape index (κ3) is 4.03. The van der Waals surface area contributed by atoms with E-state index in [1.165, 1.54) is 18.2 Å². The molecule has 0 atom stereocenters. The Kier molecular flexibility index (Phi) is 4.78. The molecule has 0 aliphatic rings. The third-order valence-electron chi connectivity index (χ3n) is 3.48. The van der Waals surface area contributed by atoms with Gasteiger partial charge in [0.25, 0.3) is 5.91 Å². The molecule has 3 rings (SSSR count). The number of anilines is 1. The van der Waals surface area contributed by atoms with E-state index in [1.807, 2.05) is 6.07 Å². The molecule has 0 saturated carbocycles. The highest BCUT2D eigenvalue weighted by molar-refractivity contribution is 6.31. The maximum Gasteiger partial charge on any atom is 0.256 e. The maximum atomic E-state index is 13.1. The first-order valence-electron chi connectivity index (χ1n) is 7.34. The van der Waals surface area contributed by atoms with E-state index in [9.17, 15) is 9.18 Å². The van der Waals surface area contributed by atoms with E-state index in [1.54, 1.807) is 41.2 Å². The molecule has 0 spiro atoms. The summed E-state index contributed by atoms with van der Waals surface area (Å²) in [6.07, 6.45) is 1.68. The molecule has 1 amide bonds. The highest BCUT2D eigenvalue weighted by Crippen LogP contribution is 2.18. The van der Waals surface area contributed by atoms with Crippen molar-refractivity contribution in [3.8, 4) is 6.07 Å². The fraction of sp³-hybridized carbons (Fsp3) is 0.0556. The number of amides is 1. The number of carbonyl (C=O) groups excluding carboxylic acids is 1. The van der Waals surface area contributed by atoms with Crippen molar-refractivity contribution < 1.29 is 9.18 Å². The van der Waals surface area contributed by atoms with Gasteiger partial charge in [-0.2, -0.15) is 10.4 Å². The molecule has 0 aliphatic carbocycles. The topological polar surface area (TPSA) is 70.7 Å². The predicted molar refractivity (Wildman–Crippen MR) is 91.8 cm³/mol. The van der Waals surface area contributed by atoms with E-state index >= 15 is 0 Å². The van der Waals surface area contributed by atoms with Crippen LogP contribution in [0.3, 0.4) is 0 Å². The molecule has 2 aromatic carbocycles. The number of aromatic nitrogens is 2. The minimum absolute atomic E-state index is 0.314. The summed E-state index contributed by atoms with van der Waals surface area (Å²) in [5, 5.41) is 16.1. The Hall–Kier alpha value is -3.17. The predicted octanol–water partition coefficient (Wildman–Crippen LogP) is 3.85. The van der Waals surface area contributed by atoms with Gasteiger partial charge >= 0.3 is 0 Å². The first-order valence-corrected chi connectivity index (χ1v) is 7.72. The van der Waals surface area contributed by atoms with Crippen LogP contribution in [0.2, 0.25) is 5.02 Å². The van der Waals surface area contributed by atoms with E-state index < -0.39 is 5.82 Å². The smallest absolute Gasteiger partial charge is 0.256 e. The molecule has 1 heterocycles. The number of halogens is 2. The lowest BCUT2D eigenvalue weighted by molar-refractivity contribution is 0.102. The van der Waals surface area contributed by atoms with Gasteiger partial charge in [0.2, 0.25) is 0 Å². The highest BCUT2D eigenvalue weighted by Gasteiger charge is 2.10. The Morgan fingerprint density at radius 3 is 2.88 bits per heavy atom. The molecular weight excluding hydrogens is 343 g/mol. The van der Waals surface area contributed by atoms with Crippen LogP contribution in [0.25, 0.3) is 0 Å². The van der Waals surface area contributed by atoms with Crippen LogP contribution in [0.1, 0.15) is 21.5 Å². The molecule has 0 aliphatic heterocycles. The number of nitrogens with one attached hydrogen (secondary N) is 1. The molecule has 5 nitrogen and oxygen atoms in total. The van der Waals surface area contributed by atoms with Gasteiger partial charge in [-0.15, -0.1) is 0 Å². The normalized spacial score (nSPS) is 10.3.